The van der Waals surface area contributed by atoms with Crippen molar-refractivity contribution in [3.8, 4) is 0 Å². The van der Waals surface area contributed by atoms with E-state index in [0.29, 0.717) is 11.5 Å². The lowest BCUT2D eigenvalue weighted by Crippen LogP contribution is -2.44. The fourth-order valence-electron chi connectivity index (χ4n) is 2.59. The summed E-state index contributed by atoms with van der Waals surface area (Å²) in [5.41, 5.74) is 0.375. The number of benzene rings is 1. The van der Waals surface area contributed by atoms with Gasteiger partial charge in [-0.25, -0.2) is 4.39 Å². The van der Waals surface area contributed by atoms with Gasteiger partial charge in [-0.2, -0.15) is 0 Å². The zero-order valence-corrected chi connectivity index (χ0v) is 11.1. The summed E-state index contributed by atoms with van der Waals surface area (Å²) in [6.45, 7) is -0.0370. The molecule has 2 fully saturated rings. The van der Waals surface area contributed by atoms with Crippen LogP contribution >= 0.6 is 0 Å². The number of halogens is 1. The second-order valence-corrected chi connectivity index (χ2v) is 5.67. The molecule has 20 heavy (non-hydrogen) atoms. The van der Waals surface area contributed by atoms with Gasteiger partial charge in [0, 0.05) is 11.1 Å². The van der Waals surface area contributed by atoms with E-state index in [1.165, 1.54) is 37.1 Å². The minimum absolute atomic E-state index is 0.0255. The Morgan fingerprint density at radius 2 is 1.85 bits per heavy atom. The van der Waals surface area contributed by atoms with Crippen LogP contribution in [0.3, 0.4) is 0 Å². The lowest BCUT2D eigenvalue weighted by Gasteiger charge is -2.16. The molecule has 0 aliphatic heterocycles. The van der Waals surface area contributed by atoms with E-state index in [2.05, 4.69) is 10.6 Å². The maximum absolute atomic E-state index is 12.7. The summed E-state index contributed by atoms with van der Waals surface area (Å²) in [7, 11) is 0. The van der Waals surface area contributed by atoms with Crippen LogP contribution in [0.2, 0.25) is 0 Å². The minimum atomic E-state index is -0.389. The van der Waals surface area contributed by atoms with Crippen molar-refractivity contribution >= 4 is 11.8 Å². The van der Waals surface area contributed by atoms with Gasteiger partial charge in [0.05, 0.1) is 6.54 Å². The van der Waals surface area contributed by atoms with Crippen LogP contribution in [0.25, 0.3) is 0 Å². The van der Waals surface area contributed by atoms with Crippen LogP contribution in [-0.4, -0.2) is 23.9 Å². The number of carbonyl (C=O) groups excluding carboxylic acids is 2. The number of hydrogen-bond acceptors (Lipinski definition) is 2. The van der Waals surface area contributed by atoms with E-state index in [0.717, 1.165) is 12.8 Å². The molecular formula is C15H17FN2O2. The maximum atomic E-state index is 12.7. The van der Waals surface area contributed by atoms with Gasteiger partial charge in [-0.3, -0.25) is 9.59 Å². The summed E-state index contributed by atoms with van der Waals surface area (Å²) in [6.07, 6.45) is 4.50. The Kier molecular flexibility index (Phi) is 3.20. The normalized spacial score (nSPS) is 19.2. The lowest BCUT2D eigenvalue weighted by molar-refractivity contribution is -0.121. The maximum Gasteiger partial charge on any atom is 0.251 e. The monoisotopic (exact) mass is 276 g/mol. The Hall–Kier alpha value is -1.91. The molecule has 106 valence electrons. The molecule has 0 spiro atoms. The standard InChI is InChI=1S/C15H17FN2O2/c16-12-5-1-10(2-6-12)14(20)17-9-13(19)18-15(7-8-15)11-3-4-11/h1-2,5-6,11H,3-4,7-9H2,(H,17,20)(H,18,19). The molecule has 2 amide bonds. The van der Waals surface area contributed by atoms with Gasteiger partial charge in [0.1, 0.15) is 5.82 Å². The lowest BCUT2D eigenvalue weighted by atomic mass is 10.1. The van der Waals surface area contributed by atoms with Gasteiger partial charge in [0.15, 0.2) is 0 Å². The summed E-state index contributed by atoms with van der Waals surface area (Å²) in [4.78, 5) is 23.6. The molecule has 0 radical (unpaired) electrons. The van der Waals surface area contributed by atoms with E-state index in [1.54, 1.807) is 0 Å². The van der Waals surface area contributed by atoms with Gasteiger partial charge in [0.25, 0.3) is 5.91 Å². The van der Waals surface area contributed by atoms with Gasteiger partial charge in [0.2, 0.25) is 5.91 Å². The first-order chi connectivity index (χ1) is 9.59. The third-order valence-corrected chi connectivity index (χ3v) is 4.05. The van der Waals surface area contributed by atoms with Crippen molar-refractivity contribution in [2.24, 2.45) is 5.92 Å². The third-order valence-electron chi connectivity index (χ3n) is 4.05. The van der Waals surface area contributed by atoms with Gasteiger partial charge in [-0.1, -0.05) is 0 Å². The average molecular weight is 276 g/mol. The zero-order chi connectivity index (χ0) is 14.2. The summed E-state index contributed by atoms with van der Waals surface area (Å²) in [5, 5.41) is 5.59. The molecule has 2 saturated carbocycles. The number of nitrogens with one attached hydrogen (secondary N) is 2. The minimum Gasteiger partial charge on any atom is -0.349 e. The molecule has 0 aromatic heterocycles. The SMILES string of the molecule is O=C(CNC(=O)c1ccc(F)cc1)NC1(C2CC2)CC1. The summed E-state index contributed by atoms with van der Waals surface area (Å²) >= 11 is 0. The molecule has 0 saturated heterocycles. The summed E-state index contributed by atoms with van der Waals surface area (Å²) in [5.74, 6) is -0.264. The number of rotatable bonds is 5. The summed E-state index contributed by atoms with van der Waals surface area (Å²) < 4.78 is 12.7. The van der Waals surface area contributed by atoms with Crippen LogP contribution in [0.5, 0.6) is 0 Å². The van der Waals surface area contributed by atoms with Gasteiger partial charge in [-0.05, 0) is 55.9 Å². The molecule has 2 aliphatic rings. The molecule has 3 rings (SSSR count). The van der Waals surface area contributed by atoms with Crippen LogP contribution in [0.4, 0.5) is 4.39 Å². The Labute approximate surface area is 116 Å². The number of amides is 2. The molecule has 1 aromatic rings. The first-order valence-corrected chi connectivity index (χ1v) is 6.94. The highest BCUT2D eigenvalue weighted by Gasteiger charge is 2.54. The van der Waals surface area contributed by atoms with Gasteiger partial charge < -0.3 is 10.6 Å². The van der Waals surface area contributed by atoms with Gasteiger partial charge >= 0.3 is 0 Å². The van der Waals surface area contributed by atoms with Crippen molar-refractivity contribution in [1.29, 1.82) is 0 Å². The van der Waals surface area contributed by atoms with Crippen LogP contribution in [0.1, 0.15) is 36.0 Å². The highest BCUT2D eigenvalue weighted by atomic mass is 19.1. The second kappa shape index (κ2) is 4.89. The molecule has 0 bridgehead atoms. The van der Waals surface area contributed by atoms with Crippen molar-refractivity contribution in [2.75, 3.05) is 6.54 Å². The predicted molar refractivity (Wildman–Crippen MR) is 71.6 cm³/mol. The highest BCUT2D eigenvalue weighted by Crippen LogP contribution is 2.53. The summed E-state index contributed by atoms with van der Waals surface area (Å²) in [6, 6.07) is 5.24. The quantitative estimate of drug-likeness (QED) is 0.858. The van der Waals surface area contributed by atoms with Gasteiger partial charge in [-0.15, -0.1) is 0 Å². The van der Waals surface area contributed by atoms with E-state index in [9.17, 15) is 14.0 Å². The first kappa shape index (κ1) is 13.1. The molecule has 0 atom stereocenters. The fraction of sp³-hybridized carbons (Fsp3) is 0.467. The van der Waals surface area contributed by atoms with Crippen molar-refractivity contribution in [2.45, 2.75) is 31.2 Å². The van der Waals surface area contributed by atoms with Crippen molar-refractivity contribution in [3.05, 3.63) is 35.6 Å². The smallest absolute Gasteiger partial charge is 0.251 e. The molecule has 4 nitrogen and oxygen atoms in total. The van der Waals surface area contributed by atoms with Crippen molar-refractivity contribution in [3.63, 3.8) is 0 Å². The van der Waals surface area contributed by atoms with E-state index >= 15 is 0 Å². The topological polar surface area (TPSA) is 58.2 Å². The van der Waals surface area contributed by atoms with E-state index in [-0.39, 0.29) is 29.7 Å². The largest absolute Gasteiger partial charge is 0.349 e. The fourth-order valence-corrected chi connectivity index (χ4v) is 2.59. The molecule has 5 heteroatoms. The van der Waals surface area contributed by atoms with E-state index in [1.807, 2.05) is 0 Å². The van der Waals surface area contributed by atoms with Crippen LogP contribution in [0.15, 0.2) is 24.3 Å². The average Bonchev–Trinajstić information content (AvgIpc) is 3.29. The molecular weight excluding hydrogens is 259 g/mol. The van der Waals surface area contributed by atoms with E-state index < -0.39 is 0 Å². The predicted octanol–water partition coefficient (Wildman–Crippen LogP) is 1.61. The van der Waals surface area contributed by atoms with E-state index in [4.69, 9.17) is 0 Å². The molecule has 0 heterocycles. The Bertz CT molecular complexity index is 533. The third kappa shape index (κ3) is 2.81. The second-order valence-electron chi connectivity index (χ2n) is 5.67. The molecule has 2 aliphatic carbocycles. The number of hydrogen-bond donors (Lipinski definition) is 2. The van der Waals surface area contributed by atoms with Crippen molar-refractivity contribution < 1.29 is 14.0 Å². The molecule has 1 aromatic carbocycles. The Morgan fingerprint density at radius 1 is 1.20 bits per heavy atom. The van der Waals surface area contributed by atoms with Crippen molar-refractivity contribution in [1.82, 2.24) is 10.6 Å². The zero-order valence-electron chi connectivity index (χ0n) is 11.1. The first-order valence-electron chi connectivity index (χ1n) is 6.94. The van der Waals surface area contributed by atoms with Crippen LogP contribution in [-0.2, 0) is 4.79 Å². The Balaban J connectivity index is 1.48. The van der Waals surface area contributed by atoms with Crippen LogP contribution in [0, 0.1) is 11.7 Å². The Morgan fingerprint density at radius 3 is 2.40 bits per heavy atom. The number of carbonyl (C=O) groups is 2. The van der Waals surface area contributed by atoms with Crippen LogP contribution < -0.4 is 10.6 Å². The molecule has 0 unspecified atom stereocenters. The molecule has 2 N–H and O–H groups in total. The highest BCUT2D eigenvalue weighted by molar-refractivity contribution is 5.96.